The number of methoxy groups -OCH3 is 2. The zero-order valence-electron chi connectivity index (χ0n) is 15.2. The molecule has 6 nitrogen and oxygen atoms in total. The van der Waals surface area contributed by atoms with Crippen LogP contribution in [0.1, 0.15) is 32.1 Å². The lowest BCUT2D eigenvalue weighted by Gasteiger charge is -2.32. The number of fused-ring (bicyclic) bond motifs is 1. The molecule has 142 valence electrons. The lowest BCUT2D eigenvalue weighted by Crippen LogP contribution is -2.46. The normalized spacial score (nSPS) is 25.4. The van der Waals surface area contributed by atoms with Crippen molar-refractivity contribution in [2.24, 2.45) is 5.92 Å². The Bertz CT molecular complexity index is 682. The van der Waals surface area contributed by atoms with Gasteiger partial charge in [-0.3, -0.25) is 14.5 Å². The predicted octanol–water partition coefficient (Wildman–Crippen LogP) is 3.09. The maximum atomic E-state index is 12.7. The summed E-state index contributed by atoms with van der Waals surface area (Å²) in [5.74, 6) is 0.559. The van der Waals surface area contributed by atoms with Gasteiger partial charge < -0.3 is 14.8 Å². The first-order valence-corrected chi connectivity index (χ1v) is 9.38. The van der Waals surface area contributed by atoms with Crippen molar-refractivity contribution in [2.45, 2.75) is 44.2 Å². The lowest BCUT2D eigenvalue weighted by atomic mass is 9.85. The summed E-state index contributed by atoms with van der Waals surface area (Å²) in [6.07, 6.45) is 5.22. The van der Waals surface area contributed by atoms with Crippen molar-refractivity contribution in [2.75, 3.05) is 26.1 Å². The van der Waals surface area contributed by atoms with E-state index in [0.29, 0.717) is 22.4 Å². The average Bonchev–Trinajstić information content (AvgIpc) is 3.00. The second-order valence-corrected chi connectivity index (χ2v) is 7.39. The minimum atomic E-state index is -0.347. The van der Waals surface area contributed by atoms with E-state index < -0.39 is 0 Å². The van der Waals surface area contributed by atoms with Gasteiger partial charge >= 0.3 is 5.97 Å². The first-order valence-electron chi connectivity index (χ1n) is 9.00. The number of esters is 1. The van der Waals surface area contributed by atoms with Gasteiger partial charge in [0.05, 0.1) is 26.5 Å². The number of amides is 1. The van der Waals surface area contributed by atoms with E-state index in [2.05, 4.69) is 5.32 Å². The Hall–Kier alpha value is -1.79. The smallest absolute Gasteiger partial charge is 0.323 e. The predicted molar refractivity (Wildman–Crippen MR) is 99.5 cm³/mol. The highest BCUT2D eigenvalue weighted by Gasteiger charge is 2.46. The molecule has 1 N–H and O–H groups in total. The fourth-order valence-corrected chi connectivity index (χ4v) is 4.45. The maximum absolute atomic E-state index is 12.7. The SMILES string of the molecule is COC(=O)[C@@H]1C[C@@H]2CCCC[C@H]2N1CC(=O)Nc1cc(Cl)ccc1OC. The Labute approximate surface area is 158 Å². The highest BCUT2D eigenvalue weighted by Crippen LogP contribution is 2.40. The van der Waals surface area contributed by atoms with E-state index in [4.69, 9.17) is 21.1 Å². The van der Waals surface area contributed by atoms with E-state index in [1.54, 1.807) is 25.3 Å². The van der Waals surface area contributed by atoms with E-state index in [-0.39, 0.29) is 30.5 Å². The van der Waals surface area contributed by atoms with Gasteiger partial charge in [0, 0.05) is 11.1 Å². The number of likely N-dealkylation sites (tertiary alicyclic amines) is 1. The molecule has 1 aromatic carbocycles. The zero-order chi connectivity index (χ0) is 18.7. The molecule has 2 aliphatic rings. The van der Waals surface area contributed by atoms with Crippen LogP contribution in [-0.4, -0.2) is 49.6 Å². The highest BCUT2D eigenvalue weighted by molar-refractivity contribution is 6.31. The Kier molecular flexibility index (Phi) is 6.04. The van der Waals surface area contributed by atoms with Crippen LogP contribution in [0.5, 0.6) is 5.75 Å². The topological polar surface area (TPSA) is 67.9 Å². The standard InChI is InChI=1S/C19H25ClN2O4/c1-25-17-8-7-13(20)10-14(17)21-18(23)11-22-15-6-4-3-5-12(15)9-16(22)19(24)26-2/h7-8,10,12,15-16H,3-6,9,11H2,1-2H3,(H,21,23)/t12-,15+,16-/m0/s1. The molecule has 3 rings (SSSR count). The molecule has 0 spiro atoms. The van der Waals surface area contributed by atoms with Crippen LogP contribution in [0.3, 0.4) is 0 Å². The van der Waals surface area contributed by atoms with Crippen LogP contribution < -0.4 is 10.1 Å². The molecule has 0 radical (unpaired) electrons. The molecule has 1 aliphatic heterocycles. The number of hydrogen-bond donors (Lipinski definition) is 1. The molecule has 0 unspecified atom stereocenters. The molecule has 1 aromatic rings. The van der Waals surface area contributed by atoms with E-state index in [1.807, 2.05) is 4.90 Å². The third kappa shape index (κ3) is 3.96. The van der Waals surface area contributed by atoms with Gasteiger partial charge in [-0.2, -0.15) is 0 Å². The van der Waals surface area contributed by atoms with E-state index in [0.717, 1.165) is 25.7 Å². The number of rotatable bonds is 5. The number of carbonyl (C=O) groups is 2. The second kappa shape index (κ2) is 8.27. The Morgan fingerprint density at radius 2 is 2.04 bits per heavy atom. The molecule has 7 heteroatoms. The molecule has 3 atom stereocenters. The lowest BCUT2D eigenvalue weighted by molar-refractivity contribution is -0.146. The highest BCUT2D eigenvalue weighted by atomic mass is 35.5. The summed E-state index contributed by atoms with van der Waals surface area (Å²) >= 11 is 6.02. The summed E-state index contributed by atoms with van der Waals surface area (Å²) in [5, 5.41) is 3.38. The summed E-state index contributed by atoms with van der Waals surface area (Å²) in [6, 6.07) is 4.99. The maximum Gasteiger partial charge on any atom is 0.323 e. The molecule has 0 aromatic heterocycles. The Morgan fingerprint density at radius 3 is 2.77 bits per heavy atom. The van der Waals surface area contributed by atoms with Crippen LogP contribution in [0.4, 0.5) is 5.69 Å². The van der Waals surface area contributed by atoms with Crippen molar-refractivity contribution >= 4 is 29.2 Å². The van der Waals surface area contributed by atoms with Crippen molar-refractivity contribution in [3.05, 3.63) is 23.2 Å². The van der Waals surface area contributed by atoms with E-state index >= 15 is 0 Å². The number of ether oxygens (including phenoxy) is 2. The van der Waals surface area contributed by atoms with Crippen LogP contribution in [0.25, 0.3) is 0 Å². The molecule has 1 amide bonds. The van der Waals surface area contributed by atoms with Crippen molar-refractivity contribution in [1.29, 1.82) is 0 Å². The van der Waals surface area contributed by atoms with Crippen molar-refractivity contribution in [3.63, 3.8) is 0 Å². The first kappa shape index (κ1) is 19.0. The third-order valence-corrected chi connectivity index (χ3v) is 5.69. The van der Waals surface area contributed by atoms with Crippen LogP contribution in [0, 0.1) is 5.92 Å². The number of halogens is 1. The molecule has 1 saturated heterocycles. The molecular formula is C19H25ClN2O4. The number of hydrogen-bond acceptors (Lipinski definition) is 5. The Balaban J connectivity index is 1.73. The van der Waals surface area contributed by atoms with Crippen molar-refractivity contribution in [1.82, 2.24) is 4.90 Å². The van der Waals surface area contributed by atoms with Gasteiger partial charge in [-0.15, -0.1) is 0 Å². The van der Waals surface area contributed by atoms with Crippen LogP contribution in [0.2, 0.25) is 5.02 Å². The number of nitrogens with zero attached hydrogens (tertiary/aromatic N) is 1. The van der Waals surface area contributed by atoms with Crippen LogP contribution in [0.15, 0.2) is 18.2 Å². The summed E-state index contributed by atoms with van der Waals surface area (Å²) in [7, 11) is 2.94. The van der Waals surface area contributed by atoms with Gasteiger partial charge in [0.1, 0.15) is 11.8 Å². The van der Waals surface area contributed by atoms with E-state index in [9.17, 15) is 9.59 Å². The van der Waals surface area contributed by atoms with Gasteiger partial charge in [0.15, 0.2) is 0 Å². The summed E-state index contributed by atoms with van der Waals surface area (Å²) in [6.45, 7) is 0.149. The summed E-state index contributed by atoms with van der Waals surface area (Å²) in [4.78, 5) is 26.9. The molecule has 1 heterocycles. The quantitative estimate of drug-likeness (QED) is 0.795. The van der Waals surface area contributed by atoms with Gasteiger partial charge in [-0.1, -0.05) is 24.4 Å². The average molecular weight is 381 g/mol. The largest absolute Gasteiger partial charge is 0.495 e. The minimum Gasteiger partial charge on any atom is -0.495 e. The monoisotopic (exact) mass is 380 g/mol. The van der Waals surface area contributed by atoms with Gasteiger partial charge in [-0.25, -0.2) is 0 Å². The number of carbonyl (C=O) groups excluding carboxylic acids is 2. The number of anilines is 1. The third-order valence-electron chi connectivity index (χ3n) is 5.46. The van der Waals surface area contributed by atoms with Gasteiger partial charge in [-0.05, 0) is 43.4 Å². The fraction of sp³-hybridized carbons (Fsp3) is 0.579. The molecule has 1 aliphatic carbocycles. The van der Waals surface area contributed by atoms with Crippen molar-refractivity contribution in [3.8, 4) is 5.75 Å². The van der Waals surface area contributed by atoms with Gasteiger partial charge in [0.25, 0.3) is 0 Å². The van der Waals surface area contributed by atoms with Crippen LogP contribution in [-0.2, 0) is 14.3 Å². The molecule has 2 fully saturated rings. The molecule has 1 saturated carbocycles. The number of nitrogens with one attached hydrogen (secondary N) is 1. The van der Waals surface area contributed by atoms with Crippen molar-refractivity contribution < 1.29 is 19.1 Å². The van der Waals surface area contributed by atoms with E-state index in [1.165, 1.54) is 13.5 Å². The van der Waals surface area contributed by atoms with Gasteiger partial charge in [0.2, 0.25) is 5.91 Å². The summed E-state index contributed by atoms with van der Waals surface area (Å²) in [5.41, 5.74) is 0.527. The summed E-state index contributed by atoms with van der Waals surface area (Å²) < 4.78 is 10.2. The fourth-order valence-electron chi connectivity index (χ4n) is 4.28. The molecular weight excluding hydrogens is 356 g/mol. The Morgan fingerprint density at radius 1 is 1.27 bits per heavy atom. The molecule has 26 heavy (non-hydrogen) atoms. The molecule has 0 bridgehead atoms. The minimum absolute atomic E-state index is 0.149. The first-order chi connectivity index (χ1) is 12.5. The van der Waals surface area contributed by atoms with Crippen LogP contribution >= 0.6 is 11.6 Å². The zero-order valence-corrected chi connectivity index (χ0v) is 15.9. The second-order valence-electron chi connectivity index (χ2n) is 6.95. The number of benzene rings is 1.